The summed E-state index contributed by atoms with van der Waals surface area (Å²) in [5, 5.41) is 9.49. The van der Waals surface area contributed by atoms with Gasteiger partial charge in [0.1, 0.15) is 5.52 Å². The molecule has 2 radical (unpaired) electrons. The summed E-state index contributed by atoms with van der Waals surface area (Å²) in [5.74, 6) is 0. The standard InChI is InChI=1S/C4HN3O/c1-3-4(8-6-1)2-5-7-3/h(H,5,7). The van der Waals surface area contributed by atoms with Crippen LogP contribution in [0.4, 0.5) is 0 Å². The quantitative estimate of drug-likeness (QED) is 0.521. The van der Waals surface area contributed by atoms with Crippen LogP contribution in [0.5, 0.6) is 0 Å². The van der Waals surface area contributed by atoms with Crippen LogP contribution in [0.3, 0.4) is 0 Å². The van der Waals surface area contributed by atoms with Crippen molar-refractivity contribution in [2.75, 3.05) is 0 Å². The van der Waals surface area contributed by atoms with Crippen molar-refractivity contribution in [1.29, 1.82) is 0 Å². The van der Waals surface area contributed by atoms with Crippen molar-refractivity contribution >= 4 is 11.1 Å². The third-order valence-electron chi connectivity index (χ3n) is 0.847. The molecule has 0 aliphatic carbocycles. The van der Waals surface area contributed by atoms with Crippen LogP contribution in [0, 0.1) is 12.4 Å². The fraction of sp³-hybridized carbons (Fsp3) is 0. The molecule has 8 heavy (non-hydrogen) atoms. The molecule has 0 aliphatic rings. The van der Waals surface area contributed by atoms with Gasteiger partial charge in [0.15, 0.2) is 12.4 Å². The Hall–Kier alpha value is -1.32. The van der Waals surface area contributed by atoms with Gasteiger partial charge in [-0.25, -0.2) is 0 Å². The van der Waals surface area contributed by atoms with Crippen molar-refractivity contribution in [3.05, 3.63) is 12.4 Å². The van der Waals surface area contributed by atoms with Gasteiger partial charge in [-0.2, -0.15) is 5.10 Å². The highest BCUT2D eigenvalue weighted by Gasteiger charge is 1.97. The summed E-state index contributed by atoms with van der Waals surface area (Å²) in [6.45, 7) is 0. The van der Waals surface area contributed by atoms with Crippen molar-refractivity contribution in [2.45, 2.75) is 0 Å². The third-order valence-corrected chi connectivity index (χ3v) is 0.847. The first-order valence-corrected chi connectivity index (χ1v) is 2.06. The minimum Gasteiger partial charge on any atom is -0.351 e. The normalized spacial score (nSPS) is 10.5. The van der Waals surface area contributed by atoms with E-state index in [1.54, 1.807) is 0 Å². The fourth-order valence-electron chi connectivity index (χ4n) is 0.497. The van der Waals surface area contributed by atoms with E-state index in [0.29, 0.717) is 11.1 Å². The maximum absolute atomic E-state index is 4.60. The Balaban J connectivity index is 3.06. The van der Waals surface area contributed by atoms with Gasteiger partial charge >= 0.3 is 0 Å². The highest BCUT2D eigenvalue weighted by Crippen LogP contribution is 2.04. The van der Waals surface area contributed by atoms with Gasteiger partial charge in [0.2, 0.25) is 5.58 Å². The van der Waals surface area contributed by atoms with Crippen molar-refractivity contribution < 1.29 is 4.52 Å². The molecule has 38 valence electrons. The summed E-state index contributed by atoms with van der Waals surface area (Å²) in [4.78, 5) is 0. The molecule has 0 fully saturated rings. The highest BCUT2D eigenvalue weighted by molar-refractivity contribution is 5.67. The average molecular weight is 107 g/mol. The smallest absolute Gasteiger partial charge is 0.215 e. The van der Waals surface area contributed by atoms with Gasteiger partial charge in [-0.3, -0.25) is 5.10 Å². The lowest BCUT2D eigenvalue weighted by molar-refractivity contribution is 0.453. The average Bonchev–Trinajstić information content (AvgIpc) is 2.15. The van der Waals surface area contributed by atoms with Gasteiger partial charge in [0, 0.05) is 0 Å². The second-order valence-corrected chi connectivity index (χ2v) is 1.33. The van der Waals surface area contributed by atoms with Crippen LogP contribution in [0.25, 0.3) is 11.1 Å². The zero-order chi connectivity index (χ0) is 5.40. The molecule has 2 aromatic heterocycles. The zero-order valence-electron chi connectivity index (χ0n) is 3.80. The summed E-state index contributed by atoms with van der Waals surface area (Å²) in [6.07, 6.45) is 5.07. The van der Waals surface area contributed by atoms with E-state index in [1.807, 2.05) is 0 Å². The molecular weight excluding hydrogens is 106 g/mol. The van der Waals surface area contributed by atoms with E-state index < -0.39 is 0 Å². The van der Waals surface area contributed by atoms with E-state index in [0.717, 1.165) is 0 Å². The third kappa shape index (κ3) is 0.294. The van der Waals surface area contributed by atoms with Crippen LogP contribution in [0.2, 0.25) is 0 Å². The Morgan fingerprint density at radius 2 is 2.50 bits per heavy atom. The molecule has 0 spiro atoms. The molecule has 4 nitrogen and oxygen atoms in total. The van der Waals surface area contributed by atoms with Crippen molar-refractivity contribution in [1.82, 2.24) is 15.4 Å². The molecule has 2 heterocycles. The molecule has 0 unspecified atom stereocenters. The highest BCUT2D eigenvalue weighted by atomic mass is 16.5. The number of fused-ring (bicyclic) bond motifs is 1. The van der Waals surface area contributed by atoms with Gasteiger partial charge in [0.05, 0.1) is 0 Å². The molecule has 0 aliphatic heterocycles. The van der Waals surface area contributed by atoms with Gasteiger partial charge in [-0.15, -0.1) is 0 Å². The molecule has 0 amide bonds. The number of nitrogens with zero attached hydrogens (tertiary/aromatic N) is 2. The van der Waals surface area contributed by atoms with Crippen LogP contribution in [-0.2, 0) is 0 Å². The molecule has 0 atom stereocenters. The Morgan fingerprint density at radius 1 is 1.50 bits per heavy atom. The number of aromatic amines is 1. The second-order valence-electron chi connectivity index (χ2n) is 1.33. The van der Waals surface area contributed by atoms with Gasteiger partial charge in [0.25, 0.3) is 0 Å². The number of H-pyrrole nitrogens is 1. The van der Waals surface area contributed by atoms with Crippen LogP contribution >= 0.6 is 0 Å². The summed E-state index contributed by atoms with van der Waals surface area (Å²) in [6, 6.07) is 0. The molecule has 4 heteroatoms. The van der Waals surface area contributed by atoms with E-state index in [2.05, 4.69) is 32.3 Å². The Kier molecular flexibility index (Phi) is 0.498. The first kappa shape index (κ1) is 3.65. The lowest BCUT2D eigenvalue weighted by atomic mass is 10.5. The Morgan fingerprint density at radius 3 is 3.38 bits per heavy atom. The number of nitrogens with one attached hydrogen (secondary N) is 1. The van der Waals surface area contributed by atoms with Crippen molar-refractivity contribution in [3.63, 3.8) is 0 Å². The Bertz CT molecular complexity index is 233. The Labute approximate surface area is 44.5 Å². The summed E-state index contributed by atoms with van der Waals surface area (Å²) >= 11 is 0. The van der Waals surface area contributed by atoms with E-state index in [-0.39, 0.29) is 0 Å². The molecule has 0 bridgehead atoms. The second kappa shape index (κ2) is 1.09. The van der Waals surface area contributed by atoms with Gasteiger partial charge in [-0.05, 0) is 0 Å². The number of hydrogen-bond donors (Lipinski definition) is 1. The number of rotatable bonds is 0. The van der Waals surface area contributed by atoms with E-state index in [1.165, 1.54) is 0 Å². The van der Waals surface area contributed by atoms with Crippen molar-refractivity contribution in [2.24, 2.45) is 0 Å². The monoisotopic (exact) mass is 107 g/mol. The molecule has 0 saturated carbocycles. The topological polar surface area (TPSA) is 54.7 Å². The molecule has 1 N–H and O–H groups in total. The first-order chi connectivity index (χ1) is 3.97. The molecular formula is C4HN3O. The maximum Gasteiger partial charge on any atom is 0.215 e. The SMILES string of the molecule is [c]1noc2[c]n[nH]c12. The minimum absolute atomic E-state index is 0.519. The summed E-state index contributed by atoms with van der Waals surface area (Å²) < 4.78 is 4.60. The lowest BCUT2D eigenvalue weighted by Crippen LogP contribution is -1.61. The van der Waals surface area contributed by atoms with Gasteiger partial charge in [-0.1, -0.05) is 5.16 Å². The zero-order valence-corrected chi connectivity index (χ0v) is 3.80. The van der Waals surface area contributed by atoms with Crippen LogP contribution in [-0.4, -0.2) is 15.4 Å². The summed E-state index contributed by atoms with van der Waals surface area (Å²) in [7, 11) is 0. The lowest BCUT2D eigenvalue weighted by Gasteiger charge is -1.58. The number of aromatic nitrogens is 3. The molecule has 2 aromatic rings. The minimum atomic E-state index is 0.519. The van der Waals surface area contributed by atoms with E-state index in [4.69, 9.17) is 0 Å². The van der Waals surface area contributed by atoms with Crippen LogP contribution < -0.4 is 0 Å². The molecule has 0 aromatic carbocycles. The number of hydrogen-bond acceptors (Lipinski definition) is 3. The van der Waals surface area contributed by atoms with E-state index >= 15 is 0 Å². The predicted octanol–water partition coefficient (Wildman–Crippen LogP) is 0.151. The largest absolute Gasteiger partial charge is 0.351 e. The van der Waals surface area contributed by atoms with Crippen LogP contribution in [0.1, 0.15) is 0 Å². The fourth-order valence-corrected chi connectivity index (χ4v) is 0.497. The molecule has 2 rings (SSSR count). The summed E-state index contributed by atoms with van der Waals surface area (Å²) in [5.41, 5.74) is 1.18. The van der Waals surface area contributed by atoms with Crippen LogP contribution in [0.15, 0.2) is 4.52 Å². The predicted molar refractivity (Wildman–Crippen MR) is 23.8 cm³/mol. The van der Waals surface area contributed by atoms with E-state index in [9.17, 15) is 0 Å². The first-order valence-electron chi connectivity index (χ1n) is 2.06. The molecule has 0 saturated heterocycles. The maximum atomic E-state index is 4.60. The van der Waals surface area contributed by atoms with Gasteiger partial charge < -0.3 is 4.52 Å². The van der Waals surface area contributed by atoms with Crippen molar-refractivity contribution in [3.8, 4) is 0 Å².